The highest BCUT2D eigenvalue weighted by Gasteiger charge is 2.15. The molecule has 0 atom stereocenters. The first-order valence-corrected chi connectivity index (χ1v) is 3.96. The monoisotopic (exact) mass is 212 g/mol. The van der Waals surface area contributed by atoms with Crippen LogP contribution in [0.2, 0.25) is 5.02 Å². The van der Waals surface area contributed by atoms with Crippen molar-refractivity contribution in [1.82, 2.24) is 0 Å². The molecule has 0 aliphatic heterocycles. The number of halogens is 1. The number of rotatable bonds is 3. The predicted molar refractivity (Wildman–Crippen MR) is 49.2 cm³/mol. The molecule has 0 unspecified atom stereocenters. The molecular formula is C8H5ClN2O3. The molecule has 0 N–H and O–H groups in total. The molecule has 0 aromatic heterocycles. The lowest BCUT2D eigenvalue weighted by molar-refractivity contribution is -0.385. The van der Waals surface area contributed by atoms with E-state index < -0.39 is 4.92 Å². The molecule has 0 aliphatic rings. The number of ether oxygens (including phenoxy) is 1. The predicted octanol–water partition coefficient (Wildman–Crippen LogP) is 2.15. The standard InChI is InChI=1S/C8H5ClN2O3/c9-6-1-2-8(14-4-3-10)7(5-6)11(12)13/h1-2,5H,4H2. The number of nitro groups is 1. The lowest BCUT2D eigenvalue weighted by Crippen LogP contribution is -1.98. The second-order valence-electron chi connectivity index (χ2n) is 2.32. The minimum absolute atomic E-state index is 0.0425. The van der Waals surface area contributed by atoms with E-state index in [2.05, 4.69) is 0 Å². The number of hydrogen-bond acceptors (Lipinski definition) is 4. The summed E-state index contributed by atoms with van der Waals surface area (Å²) in [6.07, 6.45) is 0. The van der Waals surface area contributed by atoms with Crippen LogP contribution in [0.5, 0.6) is 5.75 Å². The first-order valence-electron chi connectivity index (χ1n) is 3.59. The molecule has 6 heteroatoms. The van der Waals surface area contributed by atoms with Gasteiger partial charge in [-0.2, -0.15) is 5.26 Å². The van der Waals surface area contributed by atoms with Gasteiger partial charge in [0.25, 0.3) is 0 Å². The molecule has 0 saturated heterocycles. The third-order valence-electron chi connectivity index (χ3n) is 1.41. The van der Waals surface area contributed by atoms with Gasteiger partial charge in [0.05, 0.1) is 4.92 Å². The molecule has 0 heterocycles. The first kappa shape index (κ1) is 10.3. The second kappa shape index (κ2) is 4.44. The van der Waals surface area contributed by atoms with Crippen molar-refractivity contribution in [2.75, 3.05) is 6.61 Å². The highest BCUT2D eigenvalue weighted by atomic mass is 35.5. The molecule has 0 spiro atoms. The summed E-state index contributed by atoms with van der Waals surface area (Å²) in [6.45, 7) is -0.234. The maximum atomic E-state index is 10.5. The van der Waals surface area contributed by atoms with Crippen LogP contribution in [0.3, 0.4) is 0 Å². The molecule has 72 valence electrons. The summed E-state index contributed by atoms with van der Waals surface area (Å²) in [7, 11) is 0. The molecule has 0 bridgehead atoms. The summed E-state index contributed by atoms with van der Waals surface area (Å²) in [6, 6.07) is 5.71. The Labute approximate surface area is 84.6 Å². The summed E-state index contributed by atoms with van der Waals surface area (Å²) in [5.41, 5.74) is -0.243. The fraction of sp³-hybridized carbons (Fsp3) is 0.125. The number of nitrogens with zero attached hydrogens (tertiary/aromatic N) is 2. The summed E-state index contributed by atoms with van der Waals surface area (Å²) in [5.74, 6) is 0.0425. The van der Waals surface area contributed by atoms with Crippen LogP contribution in [0.25, 0.3) is 0 Å². The average molecular weight is 213 g/mol. The maximum Gasteiger partial charge on any atom is 0.312 e. The SMILES string of the molecule is N#CCOc1ccc(Cl)cc1[N+](=O)[O-]. The van der Waals surface area contributed by atoms with Crippen molar-refractivity contribution in [3.63, 3.8) is 0 Å². The first-order chi connectivity index (χ1) is 6.65. The fourth-order valence-corrected chi connectivity index (χ4v) is 1.03. The molecular weight excluding hydrogens is 208 g/mol. The Hall–Kier alpha value is -1.80. The number of nitro benzene ring substituents is 1. The lowest BCUT2D eigenvalue weighted by Gasteiger charge is -2.02. The van der Waals surface area contributed by atoms with E-state index in [-0.39, 0.29) is 23.1 Å². The molecule has 0 fully saturated rings. The van der Waals surface area contributed by atoms with Crippen molar-refractivity contribution in [2.45, 2.75) is 0 Å². The Bertz CT molecular complexity index is 400. The minimum atomic E-state index is -0.613. The lowest BCUT2D eigenvalue weighted by atomic mass is 10.3. The van der Waals surface area contributed by atoms with Crippen molar-refractivity contribution < 1.29 is 9.66 Å². The Morgan fingerprint density at radius 3 is 2.93 bits per heavy atom. The van der Waals surface area contributed by atoms with Crippen LogP contribution < -0.4 is 4.74 Å². The molecule has 14 heavy (non-hydrogen) atoms. The number of nitriles is 1. The van der Waals surface area contributed by atoms with E-state index in [1.807, 2.05) is 0 Å². The Morgan fingerprint density at radius 2 is 2.36 bits per heavy atom. The van der Waals surface area contributed by atoms with Gasteiger partial charge in [0.15, 0.2) is 12.4 Å². The quantitative estimate of drug-likeness (QED) is 0.568. The van der Waals surface area contributed by atoms with Gasteiger partial charge >= 0.3 is 5.69 Å². The van der Waals surface area contributed by atoms with Gasteiger partial charge in [-0.1, -0.05) is 11.6 Å². The largest absolute Gasteiger partial charge is 0.472 e. The van der Waals surface area contributed by atoms with Gasteiger partial charge in [-0.3, -0.25) is 10.1 Å². The highest BCUT2D eigenvalue weighted by Crippen LogP contribution is 2.29. The third kappa shape index (κ3) is 2.34. The Balaban J connectivity index is 3.03. The van der Waals surface area contributed by atoms with E-state index in [0.29, 0.717) is 0 Å². The van der Waals surface area contributed by atoms with Gasteiger partial charge in [-0.25, -0.2) is 0 Å². The van der Waals surface area contributed by atoms with Crippen LogP contribution in [0.4, 0.5) is 5.69 Å². The average Bonchev–Trinajstić information content (AvgIpc) is 2.15. The van der Waals surface area contributed by atoms with Crippen molar-refractivity contribution >= 4 is 17.3 Å². The minimum Gasteiger partial charge on any atom is -0.472 e. The van der Waals surface area contributed by atoms with Gasteiger partial charge in [-0.15, -0.1) is 0 Å². The van der Waals surface area contributed by atoms with Crippen molar-refractivity contribution in [2.24, 2.45) is 0 Å². The van der Waals surface area contributed by atoms with E-state index in [9.17, 15) is 10.1 Å². The third-order valence-corrected chi connectivity index (χ3v) is 1.64. The van der Waals surface area contributed by atoms with Gasteiger partial charge in [0.1, 0.15) is 6.07 Å². The smallest absolute Gasteiger partial charge is 0.312 e. The van der Waals surface area contributed by atoms with Gasteiger partial charge < -0.3 is 4.74 Å². The number of benzene rings is 1. The van der Waals surface area contributed by atoms with Crippen LogP contribution in [0.1, 0.15) is 0 Å². The molecule has 1 aromatic carbocycles. The summed E-state index contributed by atoms with van der Waals surface area (Å²) in [5, 5.41) is 19.0. The molecule has 0 saturated carbocycles. The van der Waals surface area contributed by atoms with E-state index in [4.69, 9.17) is 21.6 Å². The normalized spacial score (nSPS) is 9.14. The zero-order chi connectivity index (χ0) is 10.6. The van der Waals surface area contributed by atoms with Crippen molar-refractivity contribution in [3.05, 3.63) is 33.3 Å². The zero-order valence-electron chi connectivity index (χ0n) is 6.94. The van der Waals surface area contributed by atoms with Crippen LogP contribution >= 0.6 is 11.6 Å². The second-order valence-corrected chi connectivity index (χ2v) is 2.75. The molecule has 1 aromatic rings. The summed E-state index contributed by atoms with van der Waals surface area (Å²) in [4.78, 5) is 9.91. The van der Waals surface area contributed by atoms with Crippen LogP contribution in [-0.4, -0.2) is 11.5 Å². The number of hydrogen-bond donors (Lipinski definition) is 0. The van der Waals surface area contributed by atoms with E-state index in [0.717, 1.165) is 0 Å². The molecule has 0 amide bonds. The van der Waals surface area contributed by atoms with Crippen LogP contribution in [0, 0.1) is 21.4 Å². The van der Waals surface area contributed by atoms with E-state index in [1.165, 1.54) is 18.2 Å². The molecule has 0 aliphatic carbocycles. The van der Waals surface area contributed by atoms with Gasteiger partial charge in [-0.05, 0) is 12.1 Å². The van der Waals surface area contributed by atoms with E-state index >= 15 is 0 Å². The summed E-state index contributed by atoms with van der Waals surface area (Å²) >= 11 is 5.57. The van der Waals surface area contributed by atoms with Crippen molar-refractivity contribution in [3.8, 4) is 11.8 Å². The Kier molecular flexibility index (Phi) is 3.26. The maximum absolute atomic E-state index is 10.5. The van der Waals surface area contributed by atoms with Crippen molar-refractivity contribution in [1.29, 1.82) is 5.26 Å². The van der Waals surface area contributed by atoms with Crippen LogP contribution in [0.15, 0.2) is 18.2 Å². The fourth-order valence-electron chi connectivity index (χ4n) is 0.865. The molecule has 0 radical (unpaired) electrons. The summed E-state index contributed by atoms with van der Waals surface area (Å²) < 4.78 is 4.84. The molecule has 5 nitrogen and oxygen atoms in total. The molecule has 1 rings (SSSR count). The van der Waals surface area contributed by atoms with Gasteiger partial charge in [0, 0.05) is 11.1 Å². The van der Waals surface area contributed by atoms with Gasteiger partial charge in [0.2, 0.25) is 0 Å². The van der Waals surface area contributed by atoms with Crippen LogP contribution in [-0.2, 0) is 0 Å². The van der Waals surface area contributed by atoms with E-state index in [1.54, 1.807) is 6.07 Å². The highest BCUT2D eigenvalue weighted by molar-refractivity contribution is 6.30. The zero-order valence-corrected chi connectivity index (χ0v) is 7.69. The Morgan fingerprint density at radius 1 is 1.64 bits per heavy atom. The topological polar surface area (TPSA) is 76.2 Å².